The summed E-state index contributed by atoms with van der Waals surface area (Å²) in [6.45, 7) is 0. The van der Waals surface area contributed by atoms with Gasteiger partial charge in [0.1, 0.15) is 11.5 Å². The molecule has 3 heterocycles. The molecule has 6 nitrogen and oxygen atoms in total. The molecule has 0 saturated heterocycles. The SMILES string of the molecule is CN1C(=O)CCc2cc(-c3cncc(C4(NC(=O)c5ncccc5Cl)CC4)c3)c(F)cc21. The number of anilines is 1. The maximum absolute atomic E-state index is 15.0. The summed E-state index contributed by atoms with van der Waals surface area (Å²) in [7, 11) is 1.66. The minimum Gasteiger partial charge on any atom is -0.341 e. The normalized spacial score (nSPS) is 16.5. The van der Waals surface area contributed by atoms with Crippen molar-refractivity contribution in [1.82, 2.24) is 15.3 Å². The Kier molecular flexibility index (Phi) is 4.93. The van der Waals surface area contributed by atoms with Gasteiger partial charge in [-0.15, -0.1) is 0 Å². The van der Waals surface area contributed by atoms with Crippen LogP contribution in [0.4, 0.5) is 10.1 Å². The van der Waals surface area contributed by atoms with Crippen molar-refractivity contribution >= 4 is 29.1 Å². The number of rotatable bonds is 4. The lowest BCUT2D eigenvalue weighted by Crippen LogP contribution is -2.35. The highest BCUT2D eigenvalue weighted by Gasteiger charge is 2.46. The third-order valence-corrected chi connectivity index (χ3v) is 6.50. The first-order chi connectivity index (χ1) is 15.4. The molecule has 8 heteroatoms. The molecule has 1 saturated carbocycles. The van der Waals surface area contributed by atoms with Crippen LogP contribution in [0.15, 0.2) is 48.9 Å². The van der Waals surface area contributed by atoms with Crippen molar-refractivity contribution in [3.8, 4) is 11.1 Å². The second-order valence-corrected chi connectivity index (χ2v) is 8.65. The van der Waals surface area contributed by atoms with E-state index in [1.54, 1.807) is 37.6 Å². The van der Waals surface area contributed by atoms with Crippen molar-refractivity contribution in [3.63, 3.8) is 0 Å². The van der Waals surface area contributed by atoms with Crippen LogP contribution in [-0.4, -0.2) is 28.8 Å². The number of nitrogens with one attached hydrogen (secondary N) is 1. The van der Waals surface area contributed by atoms with E-state index in [4.69, 9.17) is 11.6 Å². The third kappa shape index (κ3) is 3.52. The van der Waals surface area contributed by atoms with E-state index in [0.29, 0.717) is 29.7 Å². The fourth-order valence-electron chi connectivity index (χ4n) is 4.17. The number of benzene rings is 1. The second kappa shape index (κ2) is 7.67. The highest BCUT2D eigenvalue weighted by atomic mass is 35.5. The van der Waals surface area contributed by atoms with E-state index in [2.05, 4.69) is 15.3 Å². The summed E-state index contributed by atoms with van der Waals surface area (Å²) in [6.07, 6.45) is 7.29. The standard InChI is InChI=1S/C24H20ClFN4O2/c1-30-20-11-19(26)17(10-14(20)4-5-21(30)31)15-9-16(13-27-12-15)24(6-7-24)29-23(32)22-18(25)3-2-8-28-22/h2-3,8-13H,4-7H2,1H3,(H,29,32). The van der Waals surface area contributed by atoms with Crippen molar-refractivity contribution in [2.24, 2.45) is 0 Å². The summed E-state index contributed by atoms with van der Waals surface area (Å²) in [4.78, 5) is 34.6. The van der Waals surface area contributed by atoms with Crippen LogP contribution in [0.5, 0.6) is 0 Å². The average molecular weight is 451 g/mol. The lowest BCUT2D eigenvalue weighted by molar-refractivity contribution is -0.118. The van der Waals surface area contributed by atoms with Crippen molar-refractivity contribution < 1.29 is 14.0 Å². The van der Waals surface area contributed by atoms with Gasteiger partial charge in [0.25, 0.3) is 5.91 Å². The van der Waals surface area contributed by atoms with Gasteiger partial charge in [-0.3, -0.25) is 14.6 Å². The second-order valence-electron chi connectivity index (χ2n) is 8.25. The molecule has 1 fully saturated rings. The van der Waals surface area contributed by atoms with Crippen LogP contribution in [0.2, 0.25) is 5.02 Å². The predicted octanol–water partition coefficient (Wildman–Crippen LogP) is 4.26. The number of aryl methyl sites for hydroxylation is 1. The Bertz CT molecular complexity index is 1260. The molecule has 162 valence electrons. The molecule has 1 aromatic carbocycles. The highest BCUT2D eigenvalue weighted by Crippen LogP contribution is 2.46. The summed E-state index contributed by atoms with van der Waals surface area (Å²) >= 11 is 6.11. The van der Waals surface area contributed by atoms with E-state index in [1.165, 1.54) is 17.2 Å². The maximum atomic E-state index is 15.0. The van der Waals surface area contributed by atoms with Gasteiger partial charge in [-0.1, -0.05) is 11.6 Å². The van der Waals surface area contributed by atoms with E-state index in [0.717, 1.165) is 24.0 Å². The van der Waals surface area contributed by atoms with Crippen LogP contribution in [0.3, 0.4) is 0 Å². The van der Waals surface area contributed by atoms with Gasteiger partial charge in [0, 0.05) is 48.9 Å². The Morgan fingerprint density at radius 3 is 2.78 bits per heavy atom. The number of pyridine rings is 2. The van der Waals surface area contributed by atoms with Crippen molar-refractivity contribution in [2.45, 2.75) is 31.2 Å². The van der Waals surface area contributed by atoms with Gasteiger partial charge in [-0.2, -0.15) is 0 Å². The lowest BCUT2D eigenvalue weighted by atomic mass is 9.95. The molecule has 2 amide bonds. The van der Waals surface area contributed by atoms with Crippen LogP contribution in [0, 0.1) is 5.82 Å². The largest absolute Gasteiger partial charge is 0.341 e. The molecule has 32 heavy (non-hydrogen) atoms. The molecule has 0 bridgehead atoms. The van der Waals surface area contributed by atoms with Gasteiger partial charge in [-0.25, -0.2) is 9.37 Å². The number of fused-ring (bicyclic) bond motifs is 1. The van der Waals surface area contributed by atoms with Crippen LogP contribution >= 0.6 is 11.6 Å². The zero-order valence-electron chi connectivity index (χ0n) is 17.4. The summed E-state index contributed by atoms with van der Waals surface area (Å²) in [5.74, 6) is -0.794. The number of aromatic nitrogens is 2. The van der Waals surface area contributed by atoms with Crippen molar-refractivity contribution in [1.29, 1.82) is 0 Å². The van der Waals surface area contributed by atoms with Gasteiger partial charge < -0.3 is 10.2 Å². The fraction of sp³-hybridized carbons (Fsp3) is 0.250. The molecule has 1 N–H and O–H groups in total. The smallest absolute Gasteiger partial charge is 0.272 e. The number of hydrogen-bond donors (Lipinski definition) is 1. The Labute approximate surface area is 189 Å². The van der Waals surface area contributed by atoms with Crippen LogP contribution in [0.1, 0.15) is 40.9 Å². The molecular weight excluding hydrogens is 431 g/mol. The topological polar surface area (TPSA) is 75.2 Å². The number of amides is 2. The summed E-state index contributed by atoms with van der Waals surface area (Å²) in [6, 6.07) is 8.35. The van der Waals surface area contributed by atoms with Gasteiger partial charge in [0.15, 0.2) is 0 Å². The minimum absolute atomic E-state index is 0.0206. The molecule has 0 atom stereocenters. The molecule has 5 rings (SSSR count). The molecule has 1 aliphatic carbocycles. The zero-order chi connectivity index (χ0) is 22.5. The fourth-order valence-corrected chi connectivity index (χ4v) is 4.38. The quantitative estimate of drug-likeness (QED) is 0.644. The first-order valence-electron chi connectivity index (χ1n) is 10.4. The first-order valence-corrected chi connectivity index (χ1v) is 10.7. The van der Waals surface area contributed by atoms with Gasteiger partial charge in [0.2, 0.25) is 5.91 Å². The zero-order valence-corrected chi connectivity index (χ0v) is 18.1. The van der Waals surface area contributed by atoms with Crippen molar-refractivity contribution in [3.05, 3.63) is 76.6 Å². The van der Waals surface area contributed by atoms with Crippen LogP contribution in [-0.2, 0) is 16.8 Å². The van der Waals surface area contributed by atoms with E-state index in [1.807, 2.05) is 6.07 Å². The molecule has 2 aliphatic rings. The highest BCUT2D eigenvalue weighted by molar-refractivity contribution is 6.33. The van der Waals surface area contributed by atoms with E-state index < -0.39 is 11.4 Å². The number of carbonyl (C=O) groups excluding carboxylic acids is 2. The molecule has 3 aromatic rings. The molecule has 1 aliphatic heterocycles. The predicted molar refractivity (Wildman–Crippen MR) is 119 cm³/mol. The minimum atomic E-state index is -0.571. The molecule has 0 unspecified atom stereocenters. The van der Waals surface area contributed by atoms with E-state index >= 15 is 4.39 Å². The van der Waals surface area contributed by atoms with Crippen molar-refractivity contribution in [2.75, 3.05) is 11.9 Å². The monoisotopic (exact) mass is 450 g/mol. The first kappa shape index (κ1) is 20.6. The number of hydrogen-bond acceptors (Lipinski definition) is 4. The molecule has 0 radical (unpaired) electrons. The Hall–Kier alpha value is -3.32. The summed E-state index contributed by atoms with van der Waals surface area (Å²) in [5, 5.41) is 3.32. The van der Waals surface area contributed by atoms with E-state index in [9.17, 15) is 9.59 Å². The molecule has 0 spiro atoms. The Morgan fingerprint density at radius 1 is 1.22 bits per heavy atom. The summed E-state index contributed by atoms with van der Waals surface area (Å²) < 4.78 is 15.0. The van der Waals surface area contributed by atoms with Gasteiger partial charge in [0.05, 0.1) is 10.6 Å². The Morgan fingerprint density at radius 2 is 2.03 bits per heavy atom. The average Bonchev–Trinajstić information content (AvgIpc) is 3.57. The maximum Gasteiger partial charge on any atom is 0.272 e. The summed E-state index contributed by atoms with van der Waals surface area (Å²) in [5.41, 5.74) is 2.98. The van der Waals surface area contributed by atoms with Crippen LogP contribution in [0.25, 0.3) is 11.1 Å². The van der Waals surface area contributed by atoms with Crippen LogP contribution < -0.4 is 10.2 Å². The number of carbonyl (C=O) groups is 2. The van der Waals surface area contributed by atoms with Gasteiger partial charge in [-0.05, 0) is 60.7 Å². The lowest BCUT2D eigenvalue weighted by Gasteiger charge is -2.26. The number of halogens is 2. The molecular formula is C24H20ClFN4O2. The number of nitrogens with zero attached hydrogens (tertiary/aromatic N) is 3. The van der Waals surface area contributed by atoms with Gasteiger partial charge >= 0.3 is 0 Å². The third-order valence-electron chi connectivity index (χ3n) is 6.19. The molecule has 2 aromatic heterocycles. The van der Waals surface area contributed by atoms with E-state index in [-0.39, 0.29) is 22.5 Å². The Balaban J connectivity index is 1.46.